The molecule has 0 unspecified atom stereocenters. The van der Waals surface area contributed by atoms with Crippen molar-refractivity contribution in [2.45, 2.75) is 20.3 Å². The molecule has 1 amide bonds. The van der Waals surface area contributed by atoms with Crippen molar-refractivity contribution in [1.82, 2.24) is 0 Å². The van der Waals surface area contributed by atoms with Gasteiger partial charge in [0.25, 0.3) is 0 Å². The number of carbonyl (C=O) groups is 1. The molecule has 110 valence electrons. The average Bonchev–Trinajstić information content (AvgIpc) is 2.38. The molecule has 0 saturated carbocycles. The molecule has 0 saturated heterocycles. The topological polar surface area (TPSA) is 55.1 Å². The summed E-state index contributed by atoms with van der Waals surface area (Å²) in [4.78, 5) is 11.9. The maximum absolute atomic E-state index is 13.6. The second-order valence-corrected chi connectivity index (χ2v) is 5.00. The third-order valence-corrected chi connectivity index (χ3v) is 3.29. The fraction of sp³-hybridized carbons (Fsp3) is 0.188. The molecule has 0 bridgehead atoms. The van der Waals surface area contributed by atoms with Gasteiger partial charge in [-0.25, -0.2) is 8.78 Å². The van der Waals surface area contributed by atoms with Crippen LogP contribution in [0, 0.1) is 25.5 Å². The summed E-state index contributed by atoms with van der Waals surface area (Å²) in [5.41, 5.74) is 8.21. The van der Waals surface area contributed by atoms with Crippen molar-refractivity contribution in [1.29, 1.82) is 0 Å². The number of nitrogens with one attached hydrogen (secondary N) is 1. The van der Waals surface area contributed by atoms with E-state index < -0.39 is 17.5 Å². The summed E-state index contributed by atoms with van der Waals surface area (Å²) in [7, 11) is 0. The molecule has 5 heteroatoms. The summed E-state index contributed by atoms with van der Waals surface area (Å²) in [6.45, 7) is 3.93. The number of hydrogen-bond donors (Lipinski definition) is 2. The molecule has 0 aliphatic carbocycles. The van der Waals surface area contributed by atoms with Gasteiger partial charge >= 0.3 is 0 Å². The molecule has 0 aliphatic rings. The Morgan fingerprint density at radius 2 is 1.86 bits per heavy atom. The lowest BCUT2D eigenvalue weighted by Crippen LogP contribution is -2.17. The van der Waals surface area contributed by atoms with Crippen molar-refractivity contribution in [3.8, 4) is 0 Å². The zero-order valence-electron chi connectivity index (χ0n) is 11.8. The van der Waals surface area contributed by atoms with Crippen LogP contribution in [0.5, 0.6) is 0 Å². The molecule has 3 N–H and O–H groups in total. The molecule has 0 aliphatic heterocycles. The van der Waals surface area contributed by atoms with Crippen molar-refractivity contribution in [2.75, 3.05) is 11.1 Å². The molecule has 2 aromatic carbocycles. The van der Waals surface area contributed by atoms with E-state index in [1.54, 1.807) is 0 Å². The van der Waals surface area contributed by atoms with Gasteiger partial charge in [0, 0.05) is 6.07 Å². The number of amides is 1. The van der Waals surface area contributed by atoms with Crippen LogP contribution < -0.4 is 11.1 Å². The highest BCUT2D eigenvalue weighted by Crippen LogP contribution is 2.24. The summed E-state index contributed by atoms with van der Waals surface area (Å²) in [6.07, 6.45) is 0.0946. The van der Waals surface area contributed by atoms with Gasteiger partial charge in [0.1, 0.15) is 11.5 Å². The number of nitrogen functional groups attached to an aromatic ring is 1. The van der Waals surface area contributed by atoms with Crippen LogP contribution in [0.15, 0.2) is 30.3 Å². The van der Waals surface area contributed by atoms with Crippen molar-refractivity contribution >= 4 is 17.3 Å². The molecule has 21 heavy (non-hydrogen) atoms. The van der Waals surface area contributed by atoms with Gasteiger partial charge in [-0.05, 0) is 36.6 Å². The Kier molecular flexibility index (Phi) is 4.21. The Morgan fingerprint density at radius 3 is 2.48 bits per heavy atom. The third kappa shape index (κ3) is 3.56. The van der Waals surface area contributed by atoms with Crippen LogP contribution in [-0.2, 0) is 11.2 Å². The van der Waals surface area contributed by atoms with E-state index in [1.165, 1.54) is 0 Å². The van der Waals surface area contributed by atoms with Crippen molar-refractivity contribution in [2.24, 2.45) is 0 Å². The summed E-state index contributed by atoms with van der Waals surface area (Å²) >= 11 is 0. The molecule has 2 rings (SSSR count). The Bertz CT molecular complexity index is 676. The Morgan fingerprint density at radius 1 is 1.14 bits per heavy atom. The van der Waals surface area contributed by atoms with E-state index in [-0.39, 0.29) is 17.8 Å². The Balaban J connectivity index is 2.13. The fourth-order valence-corrected chi connectivity index (χ4v) is 2.01. The van der Waals surface area contributed by atoms with E-state index in [4.69, 9.17) is 5.73 Å². The fourth-order valence-electron chi connectivity index (χ4n) is 2.01. The quantitative estimate of drug-likeness (QED) is 0.852. The maximum atomic E-state index is 13.6. The highest BCUT2D eigenvalue weighted by molar-refractivity contribution is 5.95. The average molecular weight is 290 g/mol. The van der Waals surface area contributed by atoms with Crippen LogP contribution in [-0.4, -0.2) is 5.91 Å². The largest absolute Gasteiger partial charge is 0.397 e. The first-order valence-corrected chi connectivity index (χ1v) is 6.47. The SMILES string of the molecule is Cc1ccc(CC(=O)Nc2c(N)cc(F)cc2F)cc1C. The first kappa shape index (κ1) is 15.0. The molecular formula is C16H16F2N2O. The maximum Gasteiger partial charge on any atom is 0.228 e. The van der Waals surface area contributed by atoms with E-state index in [2.05, 4.69) is 5.32 Å². The summed E-state index contributed by atoms with van der Waals surface area (Å²) in [5, 5.41) is 2.38. The van der Waals surface area contributed by atoms with Gasteiger partial charge in [0.2, 0.25) is 5.91 Å². The second kappa shape index (κ2) is 5.91. The van der Waals surface area contributed by atoms with Gasteiger partial charge < -0.3 is 11.1 Å². The van der Waals surface area contributed by atoms with E-state index >= 15 is 0 Å². The van der Waals surface area contributed by atoms with Gasteiger partial charge in [-0.1, -0.05) is 18.2 Å². The number of benzene rings is 2. The predicted octanol–water partition coefficient (Wildman–Crippen LogP) is 3.35. The minimum atomic E-state index is -0.888. The van der Waals surface area contributed by atoms with Crippen molar-refractivity contribution < 1.29 is 13.6 Å². The summed E-state index contributed by atoms with van der Waals surface area (Å²) in [6, 6.07) is 7.31. The minimum Gasteiger partial charge on any atom is -0.397 e. The first-order chi connectivity index (χ1) is 9.86. The molecule has 2 aromatic rings. The van der Waals surface area contributed by atoms with Crippen LogP contribution >= 0.6 is 0 Å². The van der Waals surface area contributed by atoms with E-state index in [9.17, 15) is 13.6 Å². The molecule has 0 fully saturated rings. The van der Waals surface area contributed by atoms with E-state index in [1.807, 2.05) is 32.0 Å². The lowest BCUT2D eigenvalue weighted by molar-refractivity contribution is -0.115. The van der Waals surface area contributed by atoms with E-state index in [0.29, 0.717) is 6.07 Å². The van der Waals surface area contributed by atoms with Gasteiger partial charge in [-0.2, -0.15) is 0 Å². The van der Waals surface area contributed by atoms with Gasteiger partial charge in [0.15, 0.2) is 5.82 Å². The summed E-state index contributed by atoms with van der Waals surface area (Å²) in [5.74, 6) is -2.08. The molecule has 0 heterocycles. The second-order valence-electron chi connectivity index (χ2n) is 5.00. The van der Waals surface area contributed by atoms with Gasteiger partial charge in [-0.3, -0.25) is 4.79 Å². The Labute approximate surface area is 121 Å². The monoisotopic (exact) mass is 290 g/mol. The summed E-state index contributed by atoms with van der Waals surface area (Å²) < 4.78 is 26.5. The van der Waals surface area contributed by atoms with E-state index in [0.717, 1.165) is 22.8 Å². The number of aryl methyl sites for hydroxylation is 2. The molecule has 0 radical (unpaired) electrons. The standard InChI is InChI=1S/C16H16F2N2O/c1-9-3-4-11(5-10(9)2)6-15(21)20-16-13(18)7-12(17)8-14(16)19/h3-5,7-8H,6,19H2,1-2H3,(H,20,21). The predicted molar refractivity (Wildman–Crippen MR) is 79.0 cm³/mol. The highest BCUT2D eigenvalue weighted by Gasteiger charge is 2.13. The van der Waals surface area contributed by atoms with Crippen molar-refractivity contribution in [3.05, 3.63) is 58.7 Å². The van der Waals surface area contributed by atoms with Crippen LogP contribution in [0.1, 0.15) is 16.7 Å². The number of carbonyl (C=O) groups excluding carboxylic acids is 1. The highest BCUT2D eigenvalue weighted by atomic mass is 19.1. The number of rotatable bonds is 3. The molecule has 0 spiro atoms. The van der Waals surface area contributed by atoms with Crippen LogP contribution in [0.3, 0.4) is 0 Å². The minimum absolute atomic E-state index is 0.0946. The number of nitrogens with two attached hydrogens (primary N) is 1. The van der Waals surface area contributed by atoms with Crippen molar-refractivity contribution in [3.63, 3.8) is 0 Å². The third-order valence-electron chi connectivity index (χ3n) is 3.29. The molecule has 0 atom stereocenters. The molecular weight excluding hydrogens is 274 g/mol. The normalized spacial score (nSPS) is 10.5. The Hall–Kier alpha value is -2.43. The lowest BCUT2D eigenvalue weighted by atomic mass is 10.0. The smallest absolute Gasteiger partial charge is 0.228 e. The van der Waals surface area contributed by atoms with Gasteiger partial charge in [-0.15, -0.1) is 0 Å². The van der Waals surface area contributed by atoms with Crippen LogP contribution in [0.4, 0.5) is 20.2 Å². The van der Waals surface area contributed by atoms with Crippen LogP contribution in [0.25, 0.3) is 0 Å². The zero-order valence-corrected chi connectivity index (χ0v) is 11.8. The number of anilines is 2. The van der Waals surface area contributed by atoms with Gasteiger partial charge in [0.05, 0.1) is 12.1 Å². The number of hydrogen-bond acceptors (Lipinski definition) is 2. The number of halogens is 2. The van der Waals surface area contributed by atoms with Crippen LogP contribution in [0.2, 0.25) is 0 Å². The molecule has 3 nitrogen and oxygen atoms in total. The first-order valence-electron chi connectivity index (χ1n) is 6.47. The lowest BCUT2D eigenvalue weighted by Gasteiger charge is -2.10. The molecule has 0 aromatic heterocycles. The zero-order chi connectivity index (χ0) is 15.6.